The van der Waals surface area contributed by atoms with Crippen LogP contribution in [0.1, 0.15) is 19.4 Å². The van der Waals surface area contributed by atoms with Crippen LogP contribution in [0.2, 0.25) is 0 Å². The standard InChI is InChI=1S/C21H22FN5O/c1-3-5-8-15(13-25-28)12-23-20-11-19(17-9-6-7-10-18(17)22)26-21-16(4-2)14-24-27(20)21/h3,5-11,13-14,23,28H,4,12H2,1-2H3/b5-3-,15-8-,25-13+. The number of benzene rings is 1. The first-order valence-electron chi connectivity index (χ1n) is 9.03. The van der Waals surface area contributed by atoms with Crippen LogP contribution in [0, 0.1) is 5.82 Å². The van der Waals surface area contributed by atoms with Crippen molar-refractivity contribution in [2.24, 2.45) is 5.16 Å². The first kappa shape index (κ1) is 19.3. The quantitative estimate of drug-likeness (QED) is 0.275. The summed E-state index contributed by atoms with van der Waals surface area (Å²) < 4.78 is 16.0. The van der Waals surface area contributed by atoms with Crippen LogP contribution in [-0.4, -0.2) is 32.6 Å². The highest BCUT2D eigenvalue weighted by Crippen LogP contribution is 2.26. The van der Waals surface area contributed by atoms with Crippen LogP contribution in [0.25, 0.3) is 16.9 Å². The molecule has 0 radical (unpaired) electrons. The summed E-state index contributed by atoms with van der Waals surface area (Å²) >= 11 is 0. The van der Waals surface area contributed by atoms with Gasteiger partial charge in [-0.15, -0.1) is 0 Å². The molecule has 3 aromatic rings. The lowest BCUT2D eigenvalue weighted by molar-refractivity contribution is 0.321. The van der Waals surface area contributed by atoms with Gasteiger partial charge in [-0.05, 0) is 31.1 Å². The van der Waals surface area contributed by atoms with E-state index >= 15 is 0 Å². The van der Waals surface area contributed by atoms with Crippen LogP contribution >= 0.6 is 0 Å². The molecule has 0 amide bonds. The molecule has 1 aromatic carbocycles. The van der Waals surface area contributed by atoms with Gasteiger partial charge in [-0.25, -0.2) is 9.37 Å². The monoisotopic (exact) mass is 379 g/mol. The van der Waals surface area contributed by atoms with Gasteiger partial charge in [0.1, 0.15) is 11.6 Å². The molecule has 0 fully saturated rings. The van der Waals surface area contributed by atoms with E-state index in [2.05, 4.69) is 20.6 Å². The molecule has 2 heterocycles. The Labute approximate surface area is 162 Å². The second kappa shape index (κ2) is 8.94. The van der Waals surface area contributed by atoms with Gasteiger partial charge in [0, 0.05) is 23.7 Å². The fraction of sp³-hybridized carbons (Fsp3) is 0.190. The van der Waals surface area contributed by atoms with Crippen molar-refractivity contribution in [3.63, 3.8) is 0 Å². The van der Waals surface area contributed by atoms with E-state index in [1.165, 1.54) is 12.3 Å². The zero-order valence-electron chi connectivity index (χ0n) is 15.8. The molecule has 0 aliphatic carbocycles. The molecule has 0 unspecified atom stereocenters. The highest BCUT2D eigenvalue weighted by atomic mass is 19.1. The number of nitrogens with one attached hydrogen (secondary N) is 1. The second-order valence-corrected chi connectivity index (χ2v) is 6.13. The van der Waals surface area contributed by atoms with Gasteiger partial charge in [0.15, 0.2) is 5.65 Å². The van der Waals surface area contributed by atoms with Crippen molar-refractivity contribution in [1.82, 2.24) is 14.6 Å². The number of hydrogen-bond donors (Lipinski definition) is 2. The second-order valence-electron chi connectivity index (χ2n) is 6.13. The molecular weight excluding hydrogens is 357 g/mol. The maximum absolute atomic E-state index is 14.3. The number of aryl methyl sites for hydroxylation is 1. The number of halogens is 1. The molecule has 0 bridgehead atoms. The summed E-state index contributed by atoms with van der Waals surface area (Å²) in [6, 6.07) is 8.32. The fourth-order valence-corrected chi connectivity index (χ4v) is 2.82. The molecule has 3 rings (SSSR count). The molecule has 0 atom stereocenters. The number of allylic oxidation sites excluding steroid dienone is 3. The Morgan fingerprint density at radius 1 is 1.36 bits per heavy atom. The van der Waals surface area contributed by atoms with E-state index in [0.717, 1.165) is 17.6 Å². The summed E-state index contributed by atoms with van der Waals surface area (Å²) in [5.41, 5.74) is 3.38. The highest BCUT2D eigenvalue weighted by molar-refractivity contribution is 5.80. The summed E-state index contributed by atoms with van der Waals surface area (Å²) in [6.45, 7) is 4.32. The Bertz CT molecular complexity index is 1050. The van der Waals surface area contributed by atoms with Crippen LogP contribution in [0.5, 0.6) is 0 Å². The van der Waals surface area contributed by atoms with Gasteiger partial charge >= 0.3 is 0 Å². The largest absolute Gasteiger partial charge is 0.411 e. The third-order valence-electron chi connectivity index (χ3n) is 4.28. The molecule has 0 saturated carbocycles. The molecule has 0 aliphatic heterocycles. The number of rotatable bonds is 7. The van der Waals surface area contributed by atoms with Gasteiger partial charge in [0.05, 0.1) is 18.1 Å². The van der Waals surface area contributed by atoms with Crippen molar-refractivity contribution in [3.05, 3.63) is 71.7 Å². The summed E-state index contributed by atoms with van der Waals surface area (Å²) in [7, 11) is 0. The van der Waals surface area contributed by atoms with Crippen molar-refractivity contribution >= 4 is 17.7 Å². The number of oxime groups is 1. The number of fused-ring (bicyclic) bond motifs is 1. The lowest BCUT2D eigenvalue weighted by Crippen LogP contribution is -2.11. The molecule has 2 aromatic heterocycles. The summed E-state index contributed by atoms with van der Waals surface area (Å²) in [5, 5.41) is 19.7. The Morgan fingerprint density at radius 3 is 2.89 bits per heavy atom. The van der Waals surface area contributed by atoms with Crippen LogP contribution in [-0.2, 0) is 6.42 Å². The number of aromatic nitrogens is 3. The fourth-order valence-electron chi connectivity index (χ4n) is 2.82. The van der Waals surface area contributed by atoms with E-state index < -0.39 is 0 Å². The molecule has 7 heteroatoms. The van der Waals surface area contributed by atoms with Gasteiger partial charge in [-0.1, -0.05) is 42.4 Å². The Morgan fingerprint density at radius 2 is 2.18 bits per heavy atom. The van der Waals surface area contributed by atoms with Crippen molar-refractivity contribution in [2.75, 3.05) is 11.9 Å². The number of nitrogens with zero attached hydrogens (tertiary/aromatic N) is 4. The third-order valence-corrected chi connectivity index (χ3v) is 4.28. The Kier molecular flexibility index (Phi) is 6.16. The van der Waals surface area contributed by atoms with Crippen molar-refractivity contribution in [1.29, 1.82) is 0 Å². The van der Waals surface area contributed by atoms with Crippen LogP contribution in [0.3, 0.4) is 0 Å². The highest BCUT2D eigenvalue weighted by Gasteiger charge is 2.14. The Hall–Kier alpha value is -3.48. The molecule has 0 saturated heterocycles. The molecule has 144 valence electrons. The van der Waals surface area contributed by atoms with Gasteiger partial charge in [-0.3, -0.25) is 0 Å². The predicted octanol–water partition coefficient (Wildman–Crippen LogP) is 4.47. The topological polar surface area (TPSA) is 74.8 Å². The lowest BCUT2D eigenvalue weighted by atomic mass is 10.1. The van der Waals surface area contributed by atoms with Gasteiger partial charge in [-0.2, -0.15) is 9.61 Å². The zero-order valence-corrected chi connectivity index (χ0v) is 15.8. The van der Waals surface area contributed by atoms with Crippen LogP contribution < -0.4 is 5.32 Å². The van der Waals surface area contributed by atoms with Crippen molar-refractivity contribution < 1.29 is 9.60 Å². The number of hydrogen-bond acceptors (Lipinski definition) is 5. The average molecular weight is 379 g/mol. The normalized spacial score (nSPS) is 12.5. The molecule has 0 spiro atoms. The van der Waals surface area contributed by atoms with Crippen molar-refractivity contribution in [2.45, 2.75) is 20.3 Å². The van der Waals surface area contributed by atoms with E-state index in [1.54, 1.807) is 35.0 Å². The van der Waals surface area contributed by atoms with Crippen LogP contribution in [0.4, 0.5) is 10.2 Å². The molecule has 6 nitrogen and oxygen atoms in total. The predicted molar refractivity (Wildman–Crippen MR) is 109 cm³/mol. The first-order valence-corrected chi connectivity index (χ1v) is 9.03. The maximum atomic E-state index is 14.3. The smallest absolute Gasteiger partial charge is 0.161 e. The van der Waals surface area contributed by atoms with E-state index in [9.17, 15) is 4.39 Å². The molecule has 0 aliphatic rings. The SMILES string of the molecule is C\C=C/C=C(\C=N\O)CNc1cc(-c2ccccc2F)nc2c(CC)cnn12. The third kappa shape index (κ3) is 4.09. The maximum Gasteiger partial charge on any atom is 0.161 e. The zero-order chi connectivity index (χ0) is 19.9. The van der Waals surface area contributed by atoms with Gasteiger partial charge in [0.2, 0.25) is 0 Å². The van der Waals surface area contributed by atoms with Gasteiger partial charge < -0.3 is 10.5 Å². The van der Waals surface area contributed by atoms with E-state index in [4.69, 9.17) is 5.21 Å². The Balaban J connectivity index is 2.05. The molecule has 28 heavy (non-hydrogen) atoms. The van der Waals surface area contributed by atoms with E-state index in [-0.39, 0.29) is 5.82 Å². The van der Waals surface area contributed by atoms with Crippen LogP contribution in [0.15, 0.2) is 65.5 Å². The van der Waals surface area contributed by atoms with E-state index in [1.807, 2.05) is 32.1 Å². The summed E-state index contributed by atoms with van der Waals surface area (Å²) in [6.07, 6.45) is 9.47. The lowest BCUT2D eigenvalue weighted by Gasteiger charge is -2.12. The molecule has 2 N–H and O–H groups in total. The van der Waals surface area contributed by atoms with E-state index in [0.29, 0.717) is 29.3 Å². The summed E-state index contributed by atoms with van der Waals surface area (Å²) in [4.78, 5) is 4.64. The van der Waals surface area contributed by atoms with Gasteiger partial charge in [0.25, 0.3) is 0 Å². The minimum atomic E-state index is -0.330. The number of anilines is 1. The first-order chi connectivity index (χ1) is 13.7. The minimum absolute atomic E-state index is 0.330. The average Bonchev–Trinajstić information content (AvgIpc) is 3.13. The van der Waals surface area contributed by atoms with Crippen molar-refractivity contribution in [3.8, 4) is 11.3 Å². The summed E-state index contributed by atoms with van der Waals surface area (Å²) in [5.74, 6) is 0.338. The molecular formula is C21H22FN5O. The minimum Gasteiger partial charge on any atom is -0.411 e.